The molecule has 0 spiro atoms. The smallest absolute Gasteiger partial charge is 0.191 e. The maximum Gasteiger partial charge on any atom is 0.191 e. The summed E-state index contributed by atoms with van der Waals surface area (Å²) >= 11 is 1.74. The quantitative estimate of drug-likeness (QED) is 0.339. The first-order valence-corrected chi connectivity index (χ1v) is 11.4. The van der Waals surface area contributed by atoms with Gasteiger partial charge in [0, 0.05) is 46.9 Å². The first kappa shape index (κ1) is 22.9. The van der Waals surface area contributed by atoms with Crippen molar-refractivity contribution in [3.8, 4) is 0 Å². The minimum absolute atomic E-state index is 0. The summed E-state index contributed by atoms with van der Waals surface area (Å²) in [5.41, 5.74) is 1.36. The fraction of sp³-hybridized carbons (Fsp3) is 0.722. The average molecular weight is 498 g/mol. The van der Waals surface area contributed by atoms with E-state index in [1.165, 1.54) is 5.56 Å². The standard InChI is InChI=1S/C18H31N3OS2.HI/c1-4-19-18(20-12-14(3)15-9-10-23-13-15)21-16-7-6-8-17(11-16)24(22)5-2;/h9-10,13-14,16-17H,4-8,11-12H2,1-3H3,(H2,19,20,21);1H. The summed E-state index contributed by atoms with van der Waals surface area (Å²) in [6, 6.07) is 2.56. The topological polar surface area (TPSA) is 53.5 Å². The third kappa shape index (κ3) is 7.54. The number of rotatable bonds is 7. The molecule has 4 atom stereocenters. The Morgan fingerprint density at radius 3 is 2.88 bits per heavy atom. The van der Waals surface area contributed by atoms with E-state index >= 15 is 0 Å². The fourth-order valence-corrected chi connectivity index (χ4v) is 5.28. The zero-order valence-electron chi connectivity index (χ0n) is 15.5. The Kier molecular flexibility index (Phi) is 11.2. The van der Waals surface area contributed by atoms with Crippen LogP contribution in [0.4, 0.5) is 0 Å². The summed E-state index contributed by atoms with van der Waals surface area (Å²) in [6.07, 6.45) is 4.38. The molecule has 1 aromatic heterocycles. The van der Waals surface area contributed by atoms with Gasteiger partial charge in [0.1, 0.15) is 0 Å². The minimum atomic E-state index is -0.683. The van der Waals surface area contributed by atoms with E-state index in [1.807, 2.05) is 6.92 Å². The molecule has 4 nitrogen and oxygen atoms in total. The number of aliphatic imine (C=N–C) groups is 1. The van der Waals surface area contributed by atoms with Crippen molar-refractivity contribution in [2.45, 2.75) is 63.7 Å². The lowest BCUT2D eigenvalue weighted by atomic mass is 9.95. The van der Waals surface area contributed by atoms with Crippen molar-refractivity contribution < 1.29 is 4.21 Å². The molecule has 144 valence electrons. The monoisotopic (exact) mass is 497 g/mol. The molecular formula is C18H32IN3OS2. The number of hydrogen-bond donors (Lipinski definition) is 2. The Labute approximate surface area is 176 Å². The van der Waals surface area contributed by atoms with Gasteiger partial charge in [-0.15, -0.1) is 24.0 Å². The number of hydrogen-bond acceptors (Lipinski definition) is 3. The Morgan fingerprint density at radius 2 is 2.24 bits per heavy atom. The van der Waals surface area contributed by atoms with E-state index in [-0.39, 0.29) is 24.0 Å². The van der Waals surface area contributed by atoms with E-state index in [9.17, 15) is 4.21 Å². The lowest BCUT2D eigenvalue weighted by Gasteiger charge is -2.30. The van der Waals surface area contributed by atoms with Crippen molar-refractivity contribution in [2.24, 2.45) is 4.99 Å². The van der Waals surface area contributed by atoms with Gasteiger partial charge in [0.05, 0.1) is 0 Å². The normalized spacial score (nSPS) is 23.4. The van der Waals surface area contributed by atoms with Gasteiger partial charge in [0.25, 0.3) is 0 Å². The van der Waals surface area contributed by atoms with Crippen LogP contribution in [0, 0.1) is 0 Å². The van der Waals surface area contributed by atoms with Crippen LogP contribution in [-0.2, 0) is 10.8 Å². The summed E-state index contributed by atoms with van der Waals surface area (Å²) in [5, 5.41) is 11.6. The zero-order valence-corrected chi connectivity index (χ0v) is 19.5. The van der Waals surface area contributed by atoms with E-state index in [0.717, 1.165) is 50.5 Å². The van der Waals surface area contributed by atoms with Crippen LogP contribution in [-0.4, -0.2) is 40.3 Å². The van der Waals surface area contributed by atoms with Crippen LogP contribution in [0.5, 0.6) is 0 Å². The summed E-state index contributed by atoms with van der Waals surface area (Å²) in [4.78, 5) is 4.78. The molecule has 2 rings (SSSR count). The van der Waals surface area contributed by atoms with Gasteiger partial charge in [-0.25, -0.2) is 0 Å². The predicted molar refractivity (Wildman–Crippen MR) is 122 cm³/mol. The highest BCUT2D eigenvalue weighted by Crippen LogP contribution is 2.23. The van der Waals surface area contributed by atoms with Gasteiger partial charge >= 0.3 is 0 Å². The Balaban J connectivity index is 0.00000312. The van der Waals surface area contributed by atoms with Crippen LogP contribution in [0.3, 0.4) is 0 Å². The van der Waals surface area contributed by atoms with Crippen molar-refractivity contribution in [3.63, 3.8) is 0 Å². The first-order valence-electron chi connectivity index (χ1n) is 9.08. The maximum absolute atomic E-state index is 12.1. The van der Waals surface area contributed by atoms with Crippen LogP contribution in [0.25, 0.3) is 0 Å². The Hall–Kier alpha value is -0.150. The molecule has 1 heterocycles. The number of nitrogens with one attached hydrogen (secondary N) is 2. The second-order valence-corrected chi connectivity index (χ2v) is 9.26. The number of nitrogens with zero attached hydrogens (tertiary/aromatic N) is 1. The maximum atomic E-state index is 12.1. The lowest BCUT2D eigenvalue weighted by molar-refractivity contribution is 0.413. The van der Waals surface area contributed by atoms with Crippen molar-refractivity contribution >= 4 is 52.1 Å². The SMILES string of the molecule is CCNC(=NCC(C)c1ccsc1)NC1CCCC(S(=O)CC)C1.I. The average Bonchev–Trinajstić information content (AvgIpc) is 3.14. The van der Waals surface area contributed by atoms with E-state index in [2.05, 4.69) is 41.3 Å². The number of thiophene rings is 1. The van der Waals surface area contributed by atoms with Crippen LogP contribution in [0.2, 0.25) is 0 Å². The molecular weight excluding hydrogens is 465 g/mol. The minimum Gasteiger partial charge on any atom is -0.357 e. The first-order chi connectivity index (χ1) is 11.6. The van der Waals surface area contributed by atoms with Crippen molar-refractivity contribution in [1.82, 2.24) is 10.6 Å². The molecule has 0 bridgehead atoms. The zero-order chi connectivity index (χ0) is 17.4. The molecule has 1 aliphatic rings. The van der Waals surface area contributed by atoms with Crippen molar-refractivity contribution in [3.05, 3.63) is 22.4 Å². The van der Waals surface area contributed by atoms with E-state index < -0.39 is 10.8 Å². The Morgan fingerprint density at radius 1 is 1.44 bits per heavy atom. The summed E-state index contributed by atoms with van der Waals surface area (Å²) < 4.78 is 12.1. The van der Waals surface area contributed by atoms with Crippen LogP contribution in [0.15, 0.2) is 21.8 Å². The molecule has 25 heavy (non-hydrogen) atoms. The molecule has 7 heteroatoms. The van der Waals surface area contributed by atoms with Gasteiger partial charge < -0.3 is 10.6 Å². The molecule has 1 fully saturated rings. The highest BCUT2D eigenvalue weighted by atomic mass is 127. The summed E-state index contributed by atoms with van der Waals surface area (Å²) in [7, 11) is -0.683. The van der Waals surface area contributed by atoms with E-state index in [0.29, 0.717) is 17.2 Å². The van der Waals surface area contributed by atoms with Crippen molar-refractivity contribution in [2.75, 3.05) is 18.8 Å². The van der Waals surface area contributed by atoms with Crippen LogP contribution >= 0.6 is 35.3 Å². The summed E-state index contributed by atoms with van der Waals surface area (Å²) in [5.74, 6) is 2.09. The third-order valence-corrected chi connectivity index (χ3v) is 7.05. The van der Waals surface area contributed by atoms with E-state index in [1.54, 1.807) is 11.3 Å². The Bertz CT molecular complexity index is 536. The fourth-order valence-electron chi connectivity index (χ4n) is 3.15. The van der Waals surface area contributed by atoms with Crippen LogP contribution in [0.1, 0.15) is 57.9 Å². The van der Waals surface area contributed by atoms with Gasteiger partial charge in [0.2, 0.25) is 0 Å². The molecule has 2 N–H and O–H groups in total. The van der Waals surface area contributed by atoms with Gasteiger partial charge in [-0.1, -0.05) is 20.3 Å². The molecule has 0 amide bonds. The second-order valence-electron chi connectivity index (χ2n) is 6.48. The second kappa shape index (κ2) is 12.3. The number of guanidine groups is 1. The molecule has 1 aromatic rings. The molecule has 0 aromatic carbocycles. The van der Waals surface area contributed by atoms with Gasteiger partial charge in [0.15, 0.2) is 5.96 Å². The molecule has 0 radical (unpaired) electrons. The van der Waals surface area contributed by atoms with E-state index in [4.69, 9.17) is 4.99 Å². The van der Waals surface area contributed by atoms with Gasteiger partial charge in [-0.2, -0.15) is 11.3 Å². The highest BCUT2D eigenvalue weighted by Gasteiger charge is 2.26. The largest absolute Gasteiger partial charge is 0.357 e. The molecule has 0 saturated heterocycles. The third-order valence-electron chi connectivity index (χ3n) is 4.60. The molecule has 1 aliphatic carbocycles. The predicted octanol–water partition coefficient (Wildman–Crippen LogP) is 4.10. The van der Waals surface area contributed by atoms with Gasteiger partial charge in [-0.3, -0.25) is 9.20 Å². The van der Waals surface area contributed by atoms with Gasteiger partial charge in [-0.05, 0) is 48.6 Å². The highest BCUT2D eigenvalue weighted by molar-refractivity contribution is 14.0. The lowest BCUT2D eigenvalue weighted by Crippen LogP contribution is -2.46. The summed E-state index contributed by atoms with van der Waals surface area (Å²) in [6.45, 7) is 7.97. The van der Waals surface area contributed by atoms with Crippen LogP contribution < -0.4 is 10.6 Å². The van der Waals surface area contributed by atoms with Crippen molar-refractivity contribution in [1.29, 1.82) is 0 Å². The molecule has 4 unspecified atom stereocenters. The molecule has 0 aliphatic heterocycles. The number of halogens is 1. The molecule has 1 saturated carbocycles.